The van der Waals surface area contributed by atoms with Crippen molar-refractivity contribution in [3.8, 4) is 17.5 Å². The minimum atomic E-state index is 0.465. The van der Waals surface area contributed by atoms with Crippen molar-refractivity contribution in [2.24, 2.45) is 13.0 Å². The molecule has 0 aromatic carbocycles. The molecule has 4 heterocycles. The molecule has 1 aliphatic carbocycles. The van der Waals surface area contributed by atoms with Gasteiger partial charge < -0.3 is 4.90 Å². The molecule has 0 amide bonds. The first-order valence-electron chi connectivity index (χ1n) is 8.98. The number of hydrogen-bond donors (Lipinski definition) is 0. The second-order valence-corrected chi connectivity index (χ2v) is 7.54. The lowest BCUT2D eigenvalue weighted by Gasteiger charge is -2.35. The first-order valence-corrected chi connectivity index (χ1v) is 8.98. The molecule has 3 fully saturated rings. The second-order valence-electron chi connectivity index (χ2n) is 7.54. The number of rotatable bonds is 4. The number of piperazine rings is 1. The molecule has 2 aliphatic heterocycles. The van der Waals surface area contributed by atoms with Crippen LogP contribution in [0.4, 0.5) is 5.82 Å². The molecular formula is C18H21N7. The number of aryl methyl sites for hydroxylation is 1. The molecule has 7 heteroatoms. The van der Waals surface area contributed by atoms with Crippen LogP contribution in [0.1, 0.15) is 24.8 Å². The Hall–Kier alpha value is -2.46. The number of likely N-dealkylation sites (tertiary alicyclic amines) is 1. The van der Waals surface area contributed by atoms with Crippen LogP contribution in [0, 0.1) is 17.2 Å². The highest BCUT2D eigenvalue weighted by Crippen LogP contribution is 2.38. The summed E-state index contributed by atoms with van der Waals surface area (Å²) < 4.78 is 1.74. The maximum Gasteiger partial charge on any atom is 0.164 e. The van der Waals surface area contributed by atoms with Crippen molar-refractivity contribution >= 4 is 5.82 Å². The Bertz CT molecular complexity index is 847. The average molecular weight is 335 g/mol. The Balaban J connectivity index is 1.43. The predicted molar refractivity (Wildman–Crippen MR) is 92.8 cm³/mol. The van der Waals surface area contributed by atoms with Gasteiger partial charge in [0.2, 0.25) is 0 Å². The van der Waals surface area contributed by atoms with Crippen LogP contribution >= 0.6 is 0 Å². The van der Waals surface area contributed by atoms with Gasteiger partial charge in [-0.15, -0.1) is 0 Å². The lowest BCUT2D eigenvalue weighted by atomic mass is 10.2. The van der Waals surface area contributed by atoms with Crippen LogP contribution in [0.15, 0.2) is 18.6 Å². The third kappa shape index (κ3) is 2.57. The maximum atomic E-state index is 9.51. The van der Waals surface area contributed by atoms with Crippen molar-refractivity contribution < 1.29 is 0 Å². The minimum Gasteiger partial charge on any atom is -0.349 e. The zero-order valence-electron chi connectivity index (χ0n) is 14.3. The molecule has 0 N–H and O–H groups in total. The highest BCUT2D eigenvalue weighted by molar-refractivity contribution is 5.61. The van der Waals surface area contributed by atoms with Crippen molar-refractivity contribution in [1.29, 1.82) is 5.26 Å². The number of nitrogens with zero attached hydrogens (tertiary/aromatic N) is 7. The molecule has 2 atom stereocenters. The van der Waals surface area contributed by atoms with E-state index in [1.807, 2.05) is 13.2 Å². The Morgan fingerprint density at radius 3 is 2.76 bits per heavy atom. The van der Waals surface area contributed by atoms with E-state index in [2.05, 4.69) is 26.0 Å². The number of fused-ring (bicyclic) bond motifs is 2. The fourth-order valence-corrected chi connectivity index (χ4v) is 4.21. The number of nitriles is 1. The van der Waals surface area contributed by atoms with Crippen molar-refractivity contribution in [1.82, 2.24) is 24.6 Å². The van der Waals surface area contributed by atoms with Crippen LogP contribution in [0.3, 0.4) is 0 Å². The van der Waals surface area contributed by atoms with Crippen molar-refractivity contribution in [2.45, 2.75) is 31.3 Å². The van der Waals surface area contributed by atoms with Crippen LogP contribution in [0.2, 0.25) is 0 Å². The Morgan fingerprint density at radius 2 is 2.12 bits per heavy atom. The van der Waals surface area contributed by atoms with E-state index < -0.39 is 0 Å². The summed E-state index contributed by atoms with van der Waals surface area (Å²) in [5.41, 5.74) is 1.45. The molecule has 2 aromatic rings. The smallest absolute Gasteiger partial charge is 0.164 e. The summed E-state index contributed by atoms with van der Waals surface area (Å²) in [6, 6.07) is 3.34. The predicted octanol–water partition coefficient (Wildman–Crippen LogP) is 1.42. The second kappa shape index (κ2) is 5.53. The topological polar surface area (TPSA) is 73.9 Å². The van der Waals surface area contributed by atoms with Gasteiger partial charge in [-0.3, -0.25) is 9.58 Å². The molecular weight excluding hydrogens is 314 g/mol. The lowest BCUT2D eigenvalue weighted by molar-refractivity contribution is 0.229. The minimum absolute atomic E-state index is 0.465. The summed E-state index contributed by atoms with van der Waals surface area (Å²) in [6.07, 6.45) is 9.30. The Labute approximate surface area is 146 Å². The molecule has 7 nitrogen and oxygen atoms in total. The standard InChI is InChI=1S/C18H21N7/c1-23-9-14(7-21-23)17-20-6-13(5-19)18(22-17)25-11-15-4-16(25)10-24(15)8-12-2-3-12/h6-7,9,12,15-16H,2-4,8,10-11H2,1H3/t15-,16+/m1/s1. The Morgan fingerprint density at radius 1 is 1.24 bits per heavy atom. The molecule has 2 bridgehead atoms. The zero-order valence-corrected chi connectivity index (χ0v) is 14.3. The van der Waals surface area contributed by atoms with Crippen LogP contribution in [0.5, 0.6) is 0 Å². The van der Waals surface area contributed by atoms with Crippen LogP contribution in [-0.2, 0) is 7.05 Å². The Kier molecular flexibility index (Phi) is 3.28. The van der Waals surface area contributed by atoms with E-state index in [1.54, 1.807) is 17.1 Å². The molecule has 5 rings (SSSR count). The van der Waals surface area contributed by atoms with Crippen LogP contribution in [0.25, 0.3) is 11.4 Å². The lowest BCUT2D eigenvalue weighted by Crippen LogP contribution is -2.47. The summed E-state index contributed by atoms with van der Waals surface area (Å²) in [6.45, 7) is 3.32. The van der Waals surface area contributed by atoms with Crippen molar-refractivity contribution in [3.05, 3.63) is 24.2 Å². The van der Waals surface area contributed by atoms with Gasteiger partial charge in [0.25, 0.3) is 0 Å². The third-order valence-electron chi connectivity index (χ3n) is 5.67. The normalized spacial score (nSPS) is 25.5. The first kappa shape index (κ1) is 14.8. The van der Waals surface area contributed by atoms with Gasteiger partial charge in [0.05, 0.1) is 18.0 Å². The van der Waals surface area contributed by atoms with E-state index in [9.17, 15) is 5.26 Å². The van der Waals surface area contributed by atoms with Gasteiger partial charge in [-0.1, -0.05) is 0 Å². The van der Waals surface area contributed by atoms with Gasteiger partial charge >= 0.3 is 0 Å². The fraction of sp³-hybridized carbons (Fsp3) is 0.556. The molecule has 0 radical (unpaired) electrons. The summed E-state index contributed by atoms with van der Waals surface area (Å²) in [5.74, 6) is 2.35. The largest absolute Gasteiger partial charge is 0.349 e. The molecule has 0 unspecified atom stereocenters. The monoisotopic (exact) mass is 335 g/mol. The van der Waals surface area contributed by atoms with Gasteiger partial charge in [-0.25, -0.2) is 9.97 Å². The van der Waals surface area contributed by atoms with Gasteiger partial charge in [-0.2, -0.15) is 10.4 Å². The van der Waals surface area contributed by atoms with Gasteiger partial charge in [-0.05, 0) is 25.2 Å². The van der Waals surface area contributed by atoms with E-state index >= 15 is 0 Å². The highest BCUT2D eigenvalue weighted by atomic mass is 15.4. The van der Waals surface area contributed by atoms with Crippen LogP contribution in [-0.4, -0.2) is 56.4 Å². The highest BCUT2D eigenvalue weighted by Gasteiger charge is 2.45. The summed E-state index contributed by atoms with van der Waals surface area (Å²) in [5, 5.41) is 13.7. The molecule has 2 saturated heterocycles. The summed E-state index contributed by atoms with van der Waals surface area (Å²) in [7, 11) is 1.88. The SMILES string of the molecule is Cn1cc(-c2ncc(C#N)c(N3C[C@H]4C[C@H]3CN4CC3CC3)n2)cn1. The quantitative estimate of drug-likeness (QED) is 0.841. The summed E-state index contributed by atoms with van der Waals surface area (Å²) >= 11 is 0. The van der Waals surface area contributed by atoms with Crippen molar-refractivity contribution in [3.63, 3.8) is 0 Å². The van der Waals surface area contributed by atoms with E-state index in [0.717, 1.165) is 30.4 Å². The van der Waals surface area contributed by atoms with E-state index in [-0.39, 0.29) is 0 Å². The third-order valence-corrected chi connectivity index (χ3v) is 5.67. The van der Waals surface area contributed by atoms with Crippen LogP contribution < -0.4 is 4.90 Å². The molecule has 25 heavy (non-hydrogen) atoms. The van der Waals surface area contributed by atoms with E-state index in [0.29, 0.717) is 23.5 Å². The maximum absolute atomic E-state index is 9.51. The van der Waals surface area contributed by atoms with Crippen molar-refractivity contribution in [2.75, 3.05) is 24.5 Å². The number of anilines is 1. The number of aromatic nitrogens is 4. The molecule has 3 aliphatic rings. The average Bonchev–Trinajstić information content (AvgIpc) is 3.02. The van der Waals surface area contributed by atoms with Gasteiger partial charge in [0.1, 0.15) is 11.6 Å². The number of hydrogen-bond acceptors (Lipinski definition) is 6. The van der Waals surface area contributed by atoms with Gasteiger partial charge in [0, 0.05) is 45.0 Å². The summed E-state index contributed by atoms with van der Waals surface area (Å²) in [4.78, 5) is 14.1. The molecule has 0 spiro atoms. The van der Waals surface area contributed by atoms with E-state index in [4.69, 9.17) is 4.98 Å². The van der Waals surface area contributed by atoms with E-state index in [1.165, 1.54) is 25.8 Å². The molecule has 2 aromatic heterocycles. The molecule has 1 saturated carbocycles. The zero-order chi connectivity index (χ0) is 17.0. The molecule has 128 valence electrons. The van der Waals surface area contributed by atoms with Gasteiger partial charge in [0.15, 0.2) is 11.6 Å². The first-order chi connectivity index (χ1) is 12.2. The fourth-order valence-electron chi connectivity index (χ4n) is 4.21.